The highest BCUT2D eigenvalue weighted by Gasteiger charge is 2.13. The number of hydrogen-bond acceptors (Lipinski definition) is 6. The van der Waals surface area contributed by atoms with Gasteiger partial charge in [-0.25, -0.2) is 0 Å². The second kappa shape index (κ2) is 16.8. The van der Waals surface area contributed by atoms with E-state index in [1.807, 2.05) is 13.8 Å². The molecule has 44 heavy (non-hydrogen) atoms. The Kier molecular flexibility index (Phi) is 12.6. The van der Waals surface area contributed by atoms with Gasteiger partial charge in [0.05, 0.1) is 0 Å². The van der Waals surface area contributed by atoms with Gasteiger partial charge in [-0.15, -0.1) is 0 Å². The Morgan fingerprint density at radius 2 is 0.682 bits per heavy atom. The van der Waals surface area contributed by atoms with Crippen molar-refractivity contribution < 1.29 is 28.8 Å². The van der Waals surface area contributed by atoms with Crippen LogP contribution in [0.5, 0.6) is 0 Å². The molecule has 0 bridgehead atoms. The molecule has 0 aliphatic rings. The van der Waals surface area contributed by atoms with Crippen LogP contribution in [0.2, 0.25) is 0 Å². The highest BCUT2D eigenvalue weighted by atomic mass is 16.2. The predicted molar refractivity (Wildman–Crippen MR) is 166 cm³/mol. The minimum atomic E-state index is -0.608. The molecule has 230 valence electrons. The third kappa shape index (κ3) is 10.4. The van der Waals surface area contributed by atoms with Crippen molar-refractivity contribution in [3.63, 3.8) is 0 Å². The zero-order chi connectivity index (χ0) is 31.9. The zero-order valence-electron chi connectivity index (χ0n) is 24.6. The van der Waals surface area contributed by atoms with Gasteiger partial charge >= 0.3 is 0 Å². The quantitative estimate of drug-likeness (QED) is 0.171. The van der Waals surface area contributed by atoms with Crippen LogP contribution in [0.1, 0.15) is 93.8 Å². The van der Waals surface area contributed by atoms with Crippen molar-refractivity contribution in [3.05, 3.63) is 95.1 Å². The van der Waals surface area contributed by atoms with E-state index in [1.165, 1.54) is 48.5 Å². The van der Waals surface area contributed by atoms with Crippen molar-refractivity contribution in [2.24, 2.45) is 0 Å². The van der Waals surface area contributed by atoms with E-state index in [0.717, 1.165) is 25.7 Å². The number of benzene rings is 3. The number of amides is 6. The Labute approximate surface area is 255 Å². The summed E-state index contributed by atoms with van der Waals surface area (Å²) >= 11 is 0. The first-order valence-electron chi connectivity index (χ1n) is 14.3. The fourth-order valence-electron chi connectivity index (χ4n) is 3.82. The van der Waals surface area contributed by atoms with Crippen LogP contribution in [0.4, 0.5) is 11.4 Å². The minimum Gasteiger partial charge on any atom is -0.326 e. The minimum absolute atomic E-state index is 0.100. The molecule has 0 saturated carbocycles. The SMILES string of the molecule is CCCCC(=O)Nc1ccc(C(=O)NNC(=O)c2ccc(C(=O)NNC(=O)c3ccc(NC(=O)CCCC)cc3)cc2)cc1. The maximum atomic E-state index is 12.5. The largest absolute Gasteiger partial charge is 0.326 e. The summed E-state index contributed by atoms with van der Waals surface area (Å²) in [5, 5.41) is 5.52. The molecule has 0 spiro atoms. The van der Waals surface area contributed by atoms with Crippen LogP contribution in [-0.4, -0.2) is 35.4 Å². The van der Waals surface area contributed by atoms with Gasteiger partial charge in [0.25, 0.3) is 23.6 Å². The summed E-state index contributed by atoms with van der Waals surface area (Å²) in [5.74, 6) is -2.53. The molecular weight excluding hydrogens is 564 g/mol. The van der Waals surface area contributed by atoms with Crippen LogP contribution in [0.15, 0.2) is 72.8 Å². The Hall–Kier alpha value is -5.52. The predicted octanol–water partition coefficient (Wildman–Crippen LogP) is 4.09. The highest BCUT2D eigenvalue weighted by Crippen LogP contribution is 2.12. The molecule has 12 nitrogen and oxygen atoms in total. The molecule has 0 fully saturated rings. The number of rotatable bonds is 12. The summed E-state index contributed by atoms with van der Waals surface area (Å²) in [6, 6.07) is 18.0. The van der Waals surface area contributed by atoms with E-state index in [0.29, 0.717) is 24.2 Å². The number of carbonyl (C=O) groups excluding carboxylic acids is 6. The average molecular weight is 601 g/mol. The van der Waals surface area contributed by atoms with Crippen molar-refractivity contribution in [2.75, 3.05) is 10.6 Å². The molecule has 12 heteroatoms. The lowest BCUT2D eigenvalue weighted by Crippen LogP contribution is -2.42. The summed E-state index contributed by atoms with van der Waals surface area (Å²) in [4.78, 5) is 73.4. The third-order valence-corrected chi connectivity index (χ3v) is 6.36. The first-order chi connectivity index (χ1) is 21.2. The van der Waals surface area contributed by atoms with E-state index in [2.05, 4.69) is 32.3 Å². The summed E-state index contributed by atoms with van der Waals surface area (Å²) in [6.07, 6.45) is 4.25. The monoisotopic (exact) mass is 600 g/mol. The van der Waals surface area contributed by atoms with Gasteiger partial charge in [0.2, 0.25) is 11.8 Å². The van der Waals surface area contributed by atoms with Crippen molar-refractivity contribution in [2.45, 2.75) is 52.4 Å². The number of hydrogen-bond donors (Lipinski definition) is 6. The van der Waals surface area contributed by atoms with Crippen LogP contribution in [-0.2, 0) is 9.59 Å². The van der Waals surface area contributed by atoms with Gasteiger partial charge in [0, 0.05) is 46.5 Å². The lowest BCUT2D eigenvalue weighted by atomic mass is 10.1. The molecule has 0 radical (unpaired) electrons. The van der Waals surface area contributed by atoms with E-state index >= 15 is 0 Å². The second-order valence-corrected chi connectivity index (χ2v) is 9.85. The Morgan fingerprint density at radius 3 is 0.932 bits per heavy atom. The van der Waals surface area contributed by atoms with Crippen molar-refractivity contribution in [1.82, 2.24) is 21.7 Å². The fourth-order valence-corrected chi connectivity index (χ4v) is 3.82. The summed E-state index contributed by atoms with van der Waals surface area (Å²) in [5.41, 5.74) is 11.3. The molecule has 6 N–H and O–H groups in total. The van der Waals surface area contributed by atoms with Gasteiger partial charge in [-0.1, -0.05) is 26.7 Å². The Morgan fingerprint density at radius 1 is 0.432 bits per heavy atom. The van der Waals surface area contributed by atoms with Gasteiger partial charge in [-0.05, 0) is 85.6 Å². The normalized spacial score (nSPS) is 10.2. The van der Waals surface area contributed by atoms with Crippen molar-refractivity contribution in [1.29, 1.82) is 0 Å². The summed E-state index contributed by atoms with van der Waals surface area (Å²) < 4.78 is 0. The summed E-state index contributed by atoms with van der Waals surface area (Å²) in [7, 11) is 0. The Bertz CT molecular complexity index is 1360. The van der Waals surface area contributed by atoms with E-state index in [9.17, 15) is 28.8 Å². The second-order valence-electron chi connectivity index (χ2n) is 9.85. The van der Waals surface area contributed by atoms with Crippen LogP contribution >= 0.6 is 0 Å². The molecule has 0 saturated heterocycles. The lowest BCUT2D eigenvalue weighted by Gasteiger charge is -2.10. The molecule has 0 atom stereocenters. The molecule has 0 heterocycles. The molecule has 0 aliphatic carbocycles. The number of hydrazine groups is 2. The van der Waals surface area contributed by atoms with E-state index in [-0.39, 0.29) is 34.1 Å². The standard InChI is InChI=1S/C32H36N6O6/c1-3-5-7-27(39)33-25-17-13-23(14-18-25)31(43)37-35-29(41)21-9-11-22(12-10-21)30(42)36-38-32(44)24-15-19-26(20-16-24)34-28(40)8-6-4-2/h9-20H,3-8H2,1-2H3,(H,33,39)(H,34,40)(H,35,41)(H,36,42)(H,37,43)(H,38,44). The van der Waals surface area contributed by atoms with Crippen LogP contribution in [0.3, 0.4) is 0 Å². The van der Waals surface area contributed by atoms with Crippen LogP contribution in [0, 0.1) is 0 Å². The van der Waals surface area contributed by atoms with Gasteiger partial charge in [-0.2, -0.15) is 0 Å². The molecule has 3 aromatic carbocycles. The molecule has 6 amide bonds. The van der Waals surface area contributed by atoms with Gasteiger partial charge in [0.1, 0.15) is 0 Å². The first kappa shape index (κ1) is 33.0. The third-order valence-electron chi connectivity index (χ3n) is 6.36. The maximum Gasteiger partial charge on any atom is 0.269 e. The van der Waals surface area contributed by atoms with Gasteiger partial charge in [-0.3, -0.25) is 50.5 Å². The Balaban J connectivity index is 1.43. The zero-order valence-corrected chi connectivity index (χ0v) is 24.6. The number of unbranched alkanes of at least 4 members (excludes halogenated alkanes) is 2. The lowest BCUT2D eigenvalue weighted by molar-refractivity contribution is -0.117. The molecule has 3 rings (SSSR count). The molecule has 0 aromatic heterocycles. The summed E-state index contributed by atoms with van der Waals surface area (Å²) in [6.45, 7) is 4.00. The van der Waals surface area contributed by atoms with Crippen molar-refractivity contribution in [3.8, 4) is 0 Å². The van der Waals surface area contributed by atoms with Gasteiger partial charge < -0.3 is 10.6 Å². The van der Waals surface area contributed by atoms with E-state index in [4.69, 9.17) is 0 Å². The number of nitrogens with one attached hydrogen (secondary N) is 6. The van der Waals surface area contributed by atoms with E-state index in [1.54, 1.807) is 24.3 Å². The number of anilines is 2. The van der Waals surface area contributed by atoms with Crippen LogP contribution in [0.25, 0.3) is 0 Å². The van der Waals surface area contributed by atoms with E-state index < -0.39 is 23.6 Å². The molecule has 0 unspecified atom stereocenters. The average Bonchev–Trinajstić information content (AvgIpc) is 3.04. The topological polar surface area (TPSA) is 175 Å². The first-order valence-corrected chi connectivity index (χ1v) is 14.3. The smallest absolute Gasteiger partial charge is 0.269 e. The fraction of sp³-hybridized carbons (Fsp3) is 0.250. The highest BCUT2D eigenvalue weighted by molar-refractivity contribution is 6.02. The van der Waals surface area contributed by atoms with Crippen molar-refractivity contribution >= 4 is 46.8 Å². The van der Waals surface area contributed by atoms with Gasteiger partial charge in [0.15, 0.2) is 0 Å². The molecule has 3 aromatic rings. The molecular formula is C32H36N6O6. The van der Waals surface area contributed by atoms with Crippen LogP contribution < -0.4 is 32.3 Å². The number of carbonyl (C=O) groups is 6. The maximum absolute atomic E-state index is 12.5. The molecule has 0 aliphatic heterocycles.